The third-order valence-corrected chi connectivity index (χ3v) is 5.32. The Balaban J connectivity index is 0.000000835. The Morgan fingerprint density at radius 2 is 0.816 bits per heavy atom. The first-order valence-corrected chi connectivity index (χ1v) is 13.2. The molecule has 11 nitrogen and oxygen atoms in total. The van der Waals surface area contributed by atoms with Crippen molar-refractivity contribution in [3.63, 3.8) is 0 Å². The van der Waals surface area contributed by atoms with Crippen LogP contribution in [-0.4, -0.2) is 140 Å². The summed E-state index contributed by atoms with van der Waals surface area (Å²) in [5.74, 6) is 0. The molecule has 0 unspecified atom stereocenters. The predicted molar refractivity (Wildman–Crippen MR) is 131 cm³/mol. The van der Waals surface area contributed by atoms with Crippen molar-refractivity contribution in [1.29, 1.82) is 0 Å². The Morgan fingerprint density at radius 3 is 1.06 bits per heavy atom. The van der Waals surface area contributed by atoms with Crippen LogP contribution in [0.25, 0.3) is 0 Å². The second-order valence-electron chi connectivity index (χ2n) is 10.5. The lowest BCUT2D eigenvalue weighted by Crippen LogP contribution is -2.54. The second kappa shape index (κ2) is 17.4. The number of halogens is 15. The van der Waals surface area contributed by atoms with Gasteiger partial charge in [-0.3, -0.25) is 4.79 Å². The largest absolute Gasteiger partial charge is 0.446 e. The molecule has 1 N–H and O–H groups in total. The molecule has 0 bridgehead atoms. The van der Waals surface area contributed by atoms with E-state index in [1.165, 1.54) is 4.90 Å². The molecule has 0 aromatic carbocycles. The number of nitrogens with one attached hydrogen (secondary N) is 1. The van der Waals surface area contributed by atoms with Gasteiger partial charge in [0.25, 0.3) is 12.2 Å². The van der Waals surface area contributed by atoms with Gasteiger partial charge in [-0.15, -0.1) is 0 Å². The van der Waals surface area contributed by atoms with E-state index in [1.807, 2.05) is 0 Å². The van der Waals surface area contributed by atoms with Gasteiger partial charge in [0.2, 0.25) is 6.29 Å². The van der Waals surface area contributed by atoms with Crippen molar-refractivity contribution in [2.75, 3.05) is 52.4 Å². The number of nitrogens with zero attached hydrogens (tertiary/aromatic N) is 3. The fourth-order valence-electron chi connectivity index (χ4n) is 3.23. The third kappa shape index (κ3) is 18.1. The van der Waals surface area contributed by atoms with Crippen LogP contribution in [0.1, 0.15) is 20.8 Å². The van der Waals surface area contributed by atoms with Gasteiger partial charge >= 0.3 is 49.2 Å². The van der Waals surface area contributed by atoms with Crippen molar-refractivity contribution in [2.24, 2.45) is 0 Å². The normalized spacial score (nSPS) is 16.6. The highest BCUT2D eigenvalue weighted by Gasteiger charge is 2.61. The van der Waals surface area contributed by atoms with Gasteiger partial charge in [0, 0.05) is 52.4 Å². The number of alkyl halides is 15. The Kier molecular flexibility index (Phi) is 16.1. The summed E-state index contributed by atoms with van der Waals surface area (Å²) in [5, 5.41) is 2.79. The average molecular weight is 758 g/mol. The second-order valence-corrected chi connectivity index (χ2v) is 10.5. The number of hydrogen-bond donors (Lipinski definition) is 1. The summed E-state index contributed by atoms with van der Waals surface area (Å²) in [6.07, 6.45) is -40.9. The summed E-state index contributed by atoms with van der Waals surface area (Å²) in [7, 11) is 0. The molecule has 2 saturated heterocycles. The van der Waals surface area contributed by atoms with Crippen LogP contribution in [0, 0.1) is 0 Å². The summed E-state index contributed by atoms with van der Waals surface area (Å²) >= 11 is 0. The molecular formula is C23H29F15N4O7. The monoisotopic (exact) mass is 758 g/mol. The molecule has 2 heterocycles. The molecule has 0 atom stereocenters. The van der Waals surface area contributed by atoms with Crippen LogP contribution in [0.15, 0.2) is 0 Å². The van der Waals surface area contributed by atoms with E-state index in [4.69, 9.17) is 9.53 Å². The molecule has 2 fully saturated rings. The first-order chi connectivity index (χ1) is 21.8. The molecule has 3 amide bonds. The molecule has 0 aliphatic carbocycles. The van der Waals surface area contributed by atoms with Crippen LogP contribution < -0.4 is 5.32 Å². The van der Waals surface area contributed by atoms with Crippen LogP contribution in [0.2, 0.25) is 0 Å². The minimum absolute atomic E-state index is 0.00126. The van der Waals surface area contributed by atoms with Crippen LogP contribution in [0.3, 0.4) is 0 Å². The number of carbonyl (C=O) groups is 4. The third-order valence-electron chi connectivity index (χ3n) is 5.32. The van der Waals surface area contributed by atoms with Crippen molar-refractivity contribution in [1.82, 2.24) is 20.0 Å². The van der Waals surface area contributed by atoms with Gasteiger partial charge in [0.1, 0.15) is 5.60 Å². The SMILES string of the molecule is CC(C)(C)OC(=O)N1CCN(C(=O)OC(C(F)(F)F)C(F)(F)F)CC1.O=C(OC(C(F)(F)F)C(F)(F)F)N1CCNCC1.O=CC(F)(F)F. The zero-order valence-electron chi connectivity index (χ0n) is 25.3. The topological polar surface area (TPSA) is 118 Å². The van der Waals surface area contributed by atoms with Gasteiger partial charge in [-0.1, -0.05) is 0 Å². The van der Waals surface area contributed by atoms with Crippen molar-refractivity contribution >= 4 is 24.6 Å². The van der Waals surface area contributed by atoms with Crippen LogP contribution in [-0.2, 0) is 19.0 Å². The summed E-state index contributed by atoms with van der Waals surface area (Å²) < 4.78 is 190. The van der Waals surface area contributed by atoms with Gasteiger partial charge in [-0.2, -0.15) is 65.9 Å². The lowest BCUT2D eigenvalue weighted by molar-refractivity contribution is -0.309. The molecule has 49 heavy (non-hydrogen) atoms. The highest BCUT2D eigenvalue weighted by atomic mass is 19.4. The average Bonchev–Trinajstić information content (AvgIpc) is 2.92. The molecular weight excluding hydrogens is 729 g/mol. The Morgan fingerprint density at radius 1 is 0.551 bits per heavy atom. The van der Waals surface area contributed by atoms with E-state index in [1.54, 1.807) is 20.8 Å². The summed E-state index contributed by atoms with van der Waals surface area (Å²) in [6.45, 7) is 4.71. The number of amides is 3. The molecule has 26 heteroatoms. The molecule has 0 aromatic rings. The standard InChI is InChI=1S/C13H18F6N2O4.C8H10F6N2O2.C2HF3O/c1-11(2,3)25-10(23)21-6-4-20(5-7-21)9(22)24-8(12(14,15)16)13(17,18)19;9-7(10,11)5(8(12,13)14)18-6(17)16-3-1-15-2-4-16;3-2(4,5)1-6/h8H,4-7H2,1-3H3;5,15H,1-4H2;1H. The van der Waals surface area contributed by atoms with Crippen LogP contribution in [0.5, 0.6) is 0 Å². The minimum atomic E-state index is -5.77. The minimum Gasteiger partial charge on any atom is -0.444 e. The van der Waals surface area contributed by atoms with Gasteiger partial charge in [-0.05, 0) is 20.8 Å². The van der Waals surface area contributed by atoms with E-state index in [0.717, 1.165) is 4.90 Å². The number of aldehydes is 1. The fourth-order valence-corrected chi connectivity index (χ4v) is 3.23. The Hall–Kier alpha value is -3.61. The van der Waals surface area contributed by atoms with E-state index < -0.39 is 73.3 Å². The Bertz CT molecular complexity index is 1050. The summed E-state index contributed by atoms with van der Waals surface area (Å²) in [4.78, 5) is 45.9. The first kappa shape index (κ1) is 45.4. The maximum absolute atomic E-state index is 12.4. The van der Waals surface area contributed by atoms with E-state index >= 15 is 0 Å². The molecule has 0 aromatic heterocycles. The van der Waals surface area contributed by atoms with Crippen molar-refractivity contribution in [2.45, 2.75) is 69.5 Å². The van der Waals surface area contributed by atoms with Gasteiger partial charge in [-0.25, -0.2) is 14.4 Å². The molecule has 0 saturated carbocycles. The molecule has 0 radical (unpaired) electrons. The van der Waals surface area contributed by atoms with E-state index in [-0.39, 0.29) is 52.4 Å². The zero-order chi connectivity index (χ0) is 38.8. The van der Waals surface area contributed by atoms with Crippen LogP contribution in [0.4, 0.5) is 80.2 Å². The van der Waals surface area contributed by atoms with E-state index in [2.05, 4.69) is 14.8 Å². The highest BCUT2D eigenvalue weighted by Crippen LogP contribution is 2.37. The Labute approximate surface area is 266 Å². The van der Waals surface area contributed by atoms with Crippen molar-refractivity contribution < 1.29 is 99.2 Å². The predicted octanol–water partition coefficient (Wildman–Crippen LogP) is 5.44. The van der Waals surface area contributed by atoms with E-state index in [9.17, 15) is 80.2 Å². The molecule has 2 rings (SSSR count). The number of hydrogen-bond acceptors (Lipinski definition) is 8. The number of piperazine rings is 2. The lowest BCUT2D eigenvalue weighted by atomic mass is 10.2. The quantitative estimate of drug-likeness (QED) is 0.225. The van der Waals surface area contributed by atoms with Crippen LogP contribution >= 0.6 is 0 Å². The van der Waals surface area contributed by atoms with Crippen molar-refractivity contribution in [3.8, 4) is 0 Å². The van der Waals surface area contributed by atoms with Gasteiger partial charge in [0.05, 0.1) is 0 Å². The number of rotatable bonds is 2. The van der Waals surface area contributed by atoms with Gasteiger partial charge < -0.3 is 34.2 Å². The summed E-state index contributed by atoms with van der Waals surface area (Å²) in [5.41, 5.74) is -0.764. The fraction of sp³-hybridized carbons (Fsp3) is 0.826. The molecule has 0 spiro atoms. The number of carbonyl (C=O) groups excluding carboxylic acids is 4. The lowest BCUT2D eigenvalue weighted by Gasteiger charge is -2.35. The highest BCUT2D eigenvalue weighted by molar-refractivity contribution is 5.70. The maximum atomic E-state index is 12.4. The first-order valence-electron chi connectivity index (χ1n) is 13.2. The molecule has 2 aliphatic rings. The zero-order valence-corrected chi connectivity index (χ0v) is 25.3. The molecule has 2 aliphatic heterocycles. The summed E-state index contributed by atoms with van der Waals surface area (Å²) in [6, 6.07) is 0. The smallest absolute Gasteiger partial charge is 0.444 e. The van der Waals surface area contributed by atoms with E-state index in [0.29, 0.717) is 4.90 Å². The maximum Gasteiger partial charge on any atom is 0.446 e. The number of ether oxygens (including phenoxy) is 3. The van der Waals surface area contributed by atoms with Crippen molar-refractivity contribution in [3.05, 3.63) is 0 Å². The molecule has 288 valence electrons. The van der Waals surface area contributed by atoms with Gasteiger partial charge in [0.15, 0.2) is 0 Å².